The third kappa shape index (κ3) is 4.64. The van der Waals surface area contributed by atoms with Gasteiger partial charge in [-0.15, -0.1) is 0 Å². The lowest BCUT2D eigenvalue weighted by molar-refractivity contribution is 0.0696. The predicted molar refractivity (Wildman–Crippen MR) is 116 cm³/mol. The van der Waals surface area contributed by atoms with Crippen LogP contribution < -0.4 is 5.32 Å². The summed E-state index contributed by atoms with van der Waals surface area (Å²) in [6.45, 7) is 0. The van der Waals surface area contributed by atoms with Gasteiger partial charge in [0.2, 0.25) is 0 Å². The van der Waals surface area contributed by atoms with E-state index in [9.17, 15) is 9.18 Å². The molecule has 0 atom stereocenters. The Morgan fingerprint density at radius 2 is 1.83 bits per heavy atom. The first-order valence-corrected chi connectivity index (χ1v) is 10.3. The summed E-state index contributed by atoms with van der Waals surface area (Å²) in [4.78, 5) is 23.4. The summed E-state index contributed by atoms with van der Waals surface area (Å²) in [5.41, 5.74) is 2.11. The van der Waals surface area contributed by atoms with Crippen LogP contribution >= 0.6 is 0 Å². The number of amides is 1. The van der Waals surface area contributed by atoms with Gasteiger partial charge in [-0.25, -0.2) is 14.4 Å². The van der Waals surface area contributed by atoms with Gasteiger partial charge < -0.3 is 10.2 Å². The van der Waals surface area contributed by atoms with E-state index in [4.69, 9.17) is 0 Å². The van der Waals surface area contributed by atoms with Gasteiger partial charge in [-0.3, -0.25) is 4.79 Å². The number of carbonyl (C=O) groups excluding carboxylic acids is 1. The molecule has 1 heterocycles. The molecule has 0 bridgehead atoms. The van der Waals surface area contributed by atoms with Crippen molar-refractivity contribution >= 4 is 17.4 Å². The van der Waals surface area contributed by atoms with E-state index in [1.54, 1.807) is 24.4 Å². The number of halogens is 1. The largest absolute Gasteiger partial charge is 0.340 e. The lowest BCUT2D eigenvalue weighted by atomic mass is 9.94. The number of rotatable bonds is 5. The highest BCUT2D eigenvalue weighted by Gasteiger charge is 2.22. The Labute approximate surface area is 176 Å². The molecule has 154 valence electrons. The lowest BCUT2D eigenvalue weighted by Crippen LogP contribution is -2.38. The normalized spacial score (nSPS) is 14.3. The van der Waals surface area contributed by atoms with E-state index < -0.39 is 0 Å². The molecule has 1 aliphatic carbocycles. The third-order valence-corrected chi connectivity index (χ3v) is 5.59. The van der Waals surface area contributed by atoms with Crippen molar-refractivity contribution in [1.82, 2.24) is 14.9 Å². The molecule has 0 spiro atoms. The Morgan fingerprint density at radius 3 is 2.57 bits per heavy atom. The number of hydrogen-bond acceptors (Lipinski definition) is 4. The van der Waals surface area contributed by atoms with Gasteiger partial charge in [0.1, 0.15) is 11.6 Å². The highest BCUT2D eigenvalue weighted by molar-refractivity contribution is 5.94. The molecule has 4 rings (SSSR count). The average molecular weight is 404 g/mol. The second-order valence-corrected chi connectivity index (χ2v) is 7.69. The molecule has 1 aromatic heterocycles. The molecule has 0 aliphatic heterocycles. The number of hydrogen-bond donors (Lipinski definition) is 1. The van der Waals surface area contributed by atoms with Crippen molar-refractivity contribution in [2.45, 2.75) is 38.1 Å². The maximum atomic E-state index is 13.5. The van der Waals surface area contributed by atoms with Gasteiger partial charge >= 0.3 is 0 Å². The van der Waals surface area contributed by atoms with Gasteiger partial charge in [0.15, 0.2) is 5.82 Å². The lowest BCUT2D eigenvalue weighted by Gasteiger charge is -2.31. The number of benzene rings is 2. The van der Waals surface area contributed by atoms with Crippen molar-refractivity contribution in [3.05, 3.63) is 72.2 Å². The zero-order valence-electron chi connectivity index (χ0n) is 17.0. The molecular formula is C24H25FN4O. The highest BCUT2D eigenvalue weighted by Crippen LogP contribution is 2.24. The second kappa shape index (κ2) is 9.03. The maximum Gasteiger partial charge on any atom is 0.253 e. The van der Waals surface area contributed by atoms with Crippen molar-refractivity contribution in [2.75, 3.05) is 12.4 Å². The SMILES string of the molecule is CN(C(=O)c1ccc(Nc2ccnc(-c3cccc(F)c3)n2)cc1)C1CCCCC1. The fourth-order valence-electron chi connectivity index (χ4n) is 3.88. The van der Waals surface area contributed by atoms with E-state index in [2.05, 4.69) is 15.3 Å². The summed E-state index contributed by atoms with van der Waals surface area (Å²) in [6, 6.07) is 15.7. The molecule has 0 saturated heterocycles. The van der Waals surface area contributed by atoms with Gasteiger partial charge in [-0.1, -0.05) is 31.4 Å². The first-order chi connectivity index (χ1) is 14.6. The molecule has 6 heteroatoms. The number of nitrogens with one attached hydrogen (secondary N) is 1. The molecule has 1 aliphatic rings. The van der Waals surface area contributed by atoms with E-state index in [1.165, 1.54) is 31.4 Å². The van der Waals surface area contributed by atoms with E-state index in [-0.39, 0.29) is 11.7 Å². The van der Waals surface area contributed by atoms with E-state index in [1.807, 2.05) is 36.2 Å². The van der Waals surface area contributed by atoms with Gasteiger partial charge in [0, 0.05) is 36.1 Å². The molecule has 2 aromatic carbocycles. The Kier molecular flexibility index (Phi) is 6.02. The van der Waals surface area contributed by atoms with Crippen LogP contribution in [0.15, 0.2) is 60.8 Å². The average Bonchev–Trinajstić information content (AvgIpc) is 2.79. The van der Waals surface area contributed by atoms with E-state index in [0.717, 1.165) is 18.5 Å². The van der Waals surface area contributed by atoms with Gasteiger partial charge in [-0.05, 0) is 55.3 Å². The first-order valence-electron chi connectivity index (χ1n) is 10.3. The van der Waals surface area contributed by atoms with Crippen molar-refractivity contribution < 1.29 is 9.18 Å². The van der Waals surface area contributed by atoms with Gasteiger partial charge in [0.25, 0.3) is 5.91 Å². The number of carbonyl (C=O) groups is 1. The summed E-state index contributed by atoms with van der Waals surface area (Å²) in [6.07, 6.45) is 7.46. The third-order valence-electron chi connectivity index (χ3n) is 5.59. The van der Waals surface area contributed by atoms with E-state index >= 15 is 0 Å². The Morgan fingerprint density at radius 1 is 1.07 bits per heavy atom. The number of anilines is 2. The zero-order chi connectivity index (χ0) is 20.9. The fourth-order valence-corrected chi connectivity index (χ4v) is 3.88. The summed E-state index contributed by atoms with van der Waals surface area (Å²) in [5.74, 6) is 0.778. The summed E-state index contributed by atoms with van der Waals surface area (Å²) < 4.78 is 13.5. The summed E-state index contributed by atoms with van der Waals surface area (Å²) >= 11 is 0. The molecule has 30 heavy (non-hydrogen) atoms. The predicted octanol–water partition coefficient (Wildman–Crippen LogP) is 5.43. The highest BCUT2D eigenvalue weighted by atomic mass is 19.1. The van der Waals surface area contributed by atoms with Crippen LogP contribution in [0.1, 0.15) is 42.5 Å². The molecule has 1 saturated carbocycles. The van der Waals surface area contributed by atoms with Crippen molar-refractivity contribution in [3.63, 3.8) is 0 Å². The van der Waals surface area contributed by atoms with Crippen LogP contribution in [0.5, 0.6) is 0 Å². The second-order valence-electron chi connectivity index (χ2n) is 7.69. The molecule has 1 N–H and O–H groups in total. The minimum absolute atomic E-state index is 0.0591. The minimum atomic E-state index is -0.326. The smallest absolute Gasteiger partial charge is 0.253 e. The van der Waals surface area contributed by atoms with Gasteiger partial charge in [0.05, 0.1) is 0 Å². The molecule has 1 amide bonds. The van der Waals surface area contributed by atoms with Crippen LogP contribution in [0.4, 0.5) is 15.9 Å². The van der Waals surface area contributed by atoms with E-state index in [0.29, 0.717) is 28.8 Å². The maximum absolute atomic E-state index is 13.5. The molecule has 0 radical (unpaired) electrons. The molecule has 1 fully saturated rings. The molecule has 5 nitrogen and oxygen atoms in total. The Hall–Kier alpha value is -3.28. The van der Waals surface area contributed by atoms with Crippen molar-refractivity contribution in [2.24, 2.45) is 0 Å². The van der Waals surface area contributed by atoms with Crippen molar-refractivity contribution in [1.29, 1.82) is 0 Å². The van der Waals surface area contributed by atoms with Crippen LogP contribution in [0.3, 0.4) is 0 Å². The molecular weight excluding hydrogens is 379 g/mol. The standard InChI is InChI=1S/C24H25FN4O/c1-29(21-8-3-2-4-9-21)24(30)17-10-12-20(13-11-17)27-22-14-15-26-23(28-22)18-6-5-7-19(25)16-18/h5-7,10-16,21H,2-4,8-9H2,1H3,(H,26,27,28). The minimum Gasteiger partial charge on any atom is -0.340 e. The quantitative estimate of drug-likeness (QED) is 0.616. The topological polar surface area (TPSA) is 58.1 Å². The number of nitrogens with zero attached hydrogens (tertiary/aromatic N) is 3. The summed E-state index contributed by atoms with van der Waals surface area (Å²) in [5, 5.41) is 3.22. The summed E-state index contributed by atoms with van der Waals surface area (Å²) in [7, 11) is 1.90. The van der Waals surface area contributed by atoms with Crippen LogP contribution in [0, 0.1) is 5.82 Å². The molecule has 0 unspecified atom stereocenters. The fraction of sp³-hybridized carbons (Fsp3) is 0.292. The Balaban J connectivity index is 1.45. The van der Waals surface area contributed by atoms with Crippen LogP contribution in [0.25, 0.3) is 11.4 Å². The van der Waals surface area contributed by atoms with Crippen molar-refractivity contribution in [3.8, 4) is 11.4 Å². The van der Waals surface area contributed by atoms with Crippen LogP contribution in [0.2, 0.25) is 0 Å². The van der Waals surface area contributed by atoms with Gasteiger partial charge in [-0.2, -0.15) is 0 Å². The molecule has 3 aromatic rings. The Bertz CT molecular complexity index is 1020. The first kappa shape index (κ1) is 20.0. The number of aromatic nitrogens is 2. The zero-order valence-corrected chi connectivity index (χ0v) is 17.0. The monoisotopic (exact) mass is 404 g/mol. The van der Waals surface area contributed by atoms with Crippen LogP contribution in [-0.4, -0.2) is 33.9 Å². The van der Waals surface area contributed by atoms with Crippen LogP contribution in [-0.2, 0) is 0 Å².